The van der Waals surface area contributed by atoms with E-state index < -0.39 is 23.4 Å². The van der Waals surface area contributed by atoms with Gasteiger partial charge in [-0.3, -0.25) is 0 Å². The molecule has 1 nitrogen and oxygen atoms in total. The standard InChI is InChI=1S/C13H8F5N/c14-10-5-7(1-3-9(10)13(16,17)18)8-2-4-12(19)11(15)6-8/h1-6H,19H2. The fourth-order valence-corrected chi connectivity index (χ4v) is 1.63. The normalized spacial score (nSPS) is 11.6. The van der Waals surface area contributed by atoms with Gasteiger partial charge in [-0.2, -0.15) is 13.2 Å². The Bertz CT molecular complexity index is 619. The van der Waals surface area contributed by atoms with E-state index in [0.29, 0.717) is 12.1 Å². The molecule has 0 atom stereocenters. The molecule has 0 saturated heterocycles. The highest BCUT2D eigenvalue weighted by molar-refractivity contribution is 5.66. The van der Waals surface area contributed by atoms with Crippen molar-refractivity contribution in [1.29, 1.82) is 0 Å². The topological polar surface area (TPSA) is 26.0 Å². The molecule has 0 unspecified atom stereocenters. The summed E-state index contributed by atoms with van der Waals surface area (Å²) >= 11 is 0. The van der Waals surface area contributed by atoms with Crippen molar-refractivity contribution in [2.24, 2.45) is 0 Å². The van der Waals surface area contributed by atoms with Crippen LogP contribution in [0.4, 0.5) is 27.6 Å². The molecular formula is C13H8F5N. The van der Waals surface area contributed by atoms with Gasteiger partial charge in [-0.05, 0) is 35.4 Å². The van der Waals surface area contributed by atoms with Gasteiger partial charge in [-0.25, -0.2) is 8.78 Å². The third-order valence-corrected chi connectivity index (χ3v) is 2.61. The lowest BCUT2D eigenvalue weighted by molar-refractivity contribution is -0.139. The number of nitrogen functional groups attached to an aromatic ring is 1. The molecule has 0 amide bonds. The lowest BCUT2D eigenvalue weighted by Crippen LogP contribution is -2.07. The minimum atomic E-state index is -4.75. The molecule has 2 N–H and O–H groups in total. The van der Waals surface area contributed by atoms with E-state index in [0.717, 1.165) is 12.1 Å². The van der Waals surface area contributed by atoms with Crippen LogP contribution in [0.15, 0.2) is 36.4 Å². The minimum absolute atomic E-state index is 0.0869. The van der Waals surface area contributed by atoms with Gasteiger partial charge in [0.25, 0.3) is 0 Å². The Labute approximate surface area is 105 Å². The third kappa shape index (κ3) is 2.67. The summed E-state index contributed by atoms with van der Waals surface area (Å²) in [5.41, 5.74) is 4.23. The van der Waals surface area contributed by atoms with Crippen molar-refractivity contribution in [3.05, 3.63) is 53.6 Å². The van der Waals surface area contributed by atoms with E-state index in [1.165, 1.54) is 12.1 Å². The molecule has 0 bridgehead atoms. The van der Waals surface area contributed by atoms with E-state index in [-0.39, 0.29) is 16.8 Å². The van der Waals surface area contributed by atoms with Crippen molar-refractivity contribution in [1.82, 2.24) is 0 Å². The summed E-state index contributed by atoms with van der Waals surface area (Å²) in [5, 5.41) is 0. The molecule has 0 aliphatic carbocycles. The van der Waals surface area contributed by atoms with Crippen LogP contribution in [-0.2, 0) is 6.18 Å². The van der Waals surface area contributed by atoms with Gasteiger partial charge in [0, 0.05) is 0 Å². The Morgan fingerprint density at radius 2 is 1.32 bits per heavy atom. The summed E-state index contributed by atoms with van der Waals surface area (Å²) in [7, 11) is 0. The number of alkyl halides is 3. The second kappa shape index (κ2) is 4.53. The Hall–Kier alpha value is -2.11. The first kappa shape index (κ1) is 13.3. The van der Waals surface area contributed by atoms with Crippen LogP contribution in [0.5, 0.6) is 0 Å². The second-order valence-corrected chi connectivity index (χ2v) is 3.93. The van der Waals surface area contributed by atoms with Crippen molar-refractivity contribution in [2.45, 2.75) is 6.18 Å². The zero-order chi connectivity index (χ0) is 14.2. The van der Waals surface area contributed by atoms with E-state index >= 15 is 0 Å². The summed E-state index contributed by atoms with van der Waals surface area (Å²) in [6.45, 7) is 0. The summed E-state index contributed by atoms with van der Waals surface area (Å²) in [5.74, 6) is -2.11. The molecule has 0 saturated carbocycles. The van der Waals surface area contributed by atoms with Crippen LogP contribution >= 0.6 is 0 Å². The molecule has 2 aromatic rings. The van der Waals surface area contributed by atoms with Crippen LogP contribution in [0, 0.1) is 11.6 Å². The molecule has 2 aromatic carbocycles. The fraction of sp³-hybridized carbons (Fsp3) is 0.0769. The molecule has 0 aliphatic rings. The lowest BCUT2D eigenvalue weighted by atomic mass is 10.0. The number of halogens is 5. The summed E-state index contributed by atoms with van der Waals surface area (Å²) in [4.78, 5) is 0. The Kier molecular flexibility index (Phi) is 3.18. The van der Waals surface area contributed by atoms with Crippen molar-refractivity contribution >= 4 is 5.69 Å². The number of hydrogen-bond donors (Lipinski definition) is 1. The van der Waals surface area contributed by atoms with Gasteiger partial charge >= 0.3 is 6.18 Å². The number of hydrogen-bond acceptors (Lipinski definition) is 1. The summed E-state index contributed by atoms with van der Waals surface area (Å²) < 4.78 is 63.8. The molecule has 19 heavy (non-hydrogen) atoms. The Morgan fingerprint density at radius 1 is 0.789 bits per heavy atom. The Morgan fingerprint density at radius 3 is 1.79 bits per heavy atom. The quantitative estimate of drug-likeness (QED) is 0.610. The van der Waals surface area contributed by atoms with Crippen LogP contribution in [0.2, 0.25) is 0 Å². The maximum atomic E-state index is 13.4. The zero-order valence-electron chi connectivity index (χ0n) is 9.43. The average Bonchev–Trinajstić information content (AvgIpc) is 2.31. The van der Waals surface area contributed by atoms with Crippen molar-refractivity contribution in [3.63, 3.8) is 0 Å². The van der Waals surface area contributed by atoms with Crippen molar-refractivity contribution in [2.75, 3.05) is 5.73 Å². The van der Waals surface area contributed by atoms with Gasteiger partial charge in [-0.15, -0.1) is 0 Å². The van der Waals surface area contributed by atoms with Gasteiger partial charge in [0.15, 0.2) is 0 Å². The monoisotopic (exact) mass is 273 g/mol. The maximum Gasteiger partial charge on any atom is 0.419 e. The molecular weight excluding hydrogens is 265 g/mol. The second-order valence-electron chi connectivity index (χ2n) is 3.93. The van der Waals surface area contributed by atoms with E-state index in [4.69, 9.17) is 5.73 Å². The Balaban J connectivity index is 2.47. The number of anilines is 1. The van der Waals surface area contributed by atoms with Gasteiger partial charge < -0.3 is 5.73 Å². The predicted octanol–water partition coefficient (Wildman–Crippen LogP) is 4.23. The van der Waals surface area contributed by atoms with Crippen molar-refractivity contribution in [3.8, 4) is 11.1 Å². The summed E-state index contributed by atoms with van der Waals surface area (Å²) in [6, 6.07) is 6.13. The maximum absolute atomic E-state index is 13.4. The highest BCUT2D eigenvalue weighted by atomic mass is 19.4. The van der Waals surface area contributed by atoms with Gasteiger partial charge in [0.05, 0.1) is 11.3 Å². The van der Waals surface area contributed by atoms with E-state index in [9.17, 15) is 22.0 Å². The lowest BCUT2D eigenvalue weighted by Gasteiger charge is -2.10. The first-order valence-electron chi connectivity index (χ1n) is 5.21. The van der Waals surface area contributed by atoms with Crippen LogP contribution < -0.4 is 5.73 Å². The highest BCUT2D eigenvalue weighted by Crippen LogP contribution is 2.33. The zero-order valence-corrected chi connectivity index (χ0v) is 9.43. The molecule has 0 aromatic heterocycles. The van der Waals surface area contributed by atoms with Crippen LogP contribution in [0.3, 0.4) is 0 Å². The van der Waals surface area contributed by atoms with E-state index in [2.05, 4.69) is 0 Å². The molecule has 0 spiro atoms. The van der Waals surface area contributed by atoms with Gasteiger partial charge in [-0.1, -0.05) is 12.1 Å². The third-order valence-electron chi connectivity index (χ3n) is 2.61. The molecule has 2 rings (SSSR count). The van der Waals surface area contributed by atoms with E-state index in [1.54, 1.807) is 0 Å². The molecule has 100 valence electrons. The number of rotatable bonds is 1. The molecule has 0 aliphatic heterocycles. The van der Waals surface area contributed by atoms with Crippen LogP contribution in [0.25, 0.3) is 11.1 Å². The predicted molar refractivity (Wildman–Crippen MR) is 61.2 cm³/mol. The van der Waals surface area contributed by atoms with E-state index in [1.807, 2.05) is 0 Å². The highest BCUT2D eigenvalue weighted by Gasteiger charge is 2.33. The number of benzene rings is 2. The van der Waals surface area contributed by atoms with Gasteiger partial charge in [0.2, 0.25) is 0 Å². The molecule has 0 fully saturated rings. The van der Waals surface area contributed by atoms with Gasteiger partial charge in [0.1, 0.15) is 11.6 Å². The number of nitrogens with two attached hydrogens (primary N) is 1. The first-order chi connectivity index (χ1) is 8.79. The molecule has 0 radical (unpaired) electrons. The van der Waals surface area contributed by atoms with Crippen LogP contribution in [0.1, 0.15) is 5.56 Å². The fourth-order valence-electron chi connectivity index (χ4n) is 1.63. The summed E-state index contributed by atoms with van der Waals surface area (Å²) in [6.07, 6.45) is -4.75. The SMILES string of the molecule is Nc1ccc(-c2ccc(C(F)(F)F)c(F)c2)cc1F. The minimum Gasteiger partial charge on any atom is -0.396 e. The van der Waals surface area contributed by atoms with Crippen molar-refractivity contribution < 1.29 is 22.0 Å². The van der Waals surface area contributed by atoms with Crippen LogP contribution in [-0.4, -0.2) is 0 Å². The first-order valence-corrected chi connectivity index (χ1v) is 5.21. The smallest absolute Gasteiger partial charge is 0.396 e. The molecule has 0 heterocycles. The average molecular weight is 273 g/mol. The largest absolute Gasteiger partial charge is 0.419 e. The molecule has 6 heteroatoms.